The van der Waals surface area contributed by atoms with Crippen molar-refractivity contribution in [2.45, 2.75) is 19.4 Å². The van der Waals surface area contributed by atoms with Gasteiger partial charge >= 0.3 is 0 Å². The van der Waals surface area contributed by atoms with Crippen LogP contribution in [0.5, 0.6) is 11.5 Å². The predicted molar refractivity (Wildman–Crippen MR) is 70.1 cm³/mol. The van der Waals surface area contributed by atoms with Crippen molar-refractivity contribution < 1.29 is 14.6 Å². The minimum atomic E-state index is -0.0650. The van der Waals surface area contributed by atoms with Crippen molar-refractivity contribution in [3.63, 3.8) is 0 Å². The molecule has 0 bridgehead atoms. The van der Waals surface area contributed by atoms with Gasteiger partial charge in [-0.25, -0.2) is 0 Å². The quantitative estimate of drug-likeness (QED) is 0.868. The Hall–Kier alpha value is -1.26. The van der Waals surface area contributed by atoms with Crippen molar-refractivity contribution >= 4 is 0 Å². The molecular weight excluding hydrogens is 230 g/mol. The summed E-state index contributed by atoms with van der Waals surface area (Å²) in [5, 5.41) is 9.67. The summed E-state index contributed by atoms with van der Waals surface area (Å²) >= 11 is 0. The molecule has 18 heavy (non-hydrogen) atoms. The number of aromatic hydroxyl groups is 1. The number of hydrogen-bond donors (Lipinski definition) is 1. The highest BCUT2D eigenvalue weighted by molar-refractivity contribution is 5.44. The number of phenolic OH excluding ortho intramolecular Hbond substituents is 1. The van der Waals surface area contributed by atoms with Gasteiger partial charge in [0.05, 0.1) is 25.9 Å². The van der Waals surface area contributed by atoms with Crippen LogP contribution in [0.25, 0.3) is 0 Å². The van der Waals surface area contributed by atoms with Gasteiger partial charge in [-0.1, -0.05) is 19.9 Å². The van der Waals surface area contributed by atoms with Crippen LogP contribution in [0.15, 0.2) is 18.2 Å². The van der Waals surface area contributed by atoms with Crippen LogP contribution in [0.1, 0.15) is 19.4 Å². The second kappa shape index (κ2) is 5.16. The van der Waals surface area contributed by atoms with Gasteiger partial charge in [0.1, 0.15) is 0 Å². The molecule has 0 aromatic heterocycles. The van der Waals surface area contributed by atoms with Crippen LogP contribution in [0, 0.1) is 0 Å². The fraction of sp³-hybridized carbons (Fsp3) is 0.571. The van der Waals surface area contributed by atoms with Gasteiger partial charge < -0.3 is 14.6 Å². The maximum Gasteiger partial charge on any atom is 0.160 e. The zero-order chi connectivity index (χ0) is 13.2. The molecule has 0 unspecified atom stereocenters. The predicted octanol–water partition coefficient (Wildman–Crippen LogP) is 1.97. The lowest BCUT2D eigenvalue weighted by Gasteiger charge is -2.49. The van der Waals surface area contributed by atoms with E-state index >= 15 is 0 Å². The van der Waals surface area contributed by atoms with E-state index in [1.54, 1.807) is 13.2 Å². The Morgan fingerprint density at radius 3 is 2.44 bits per heavy atom. The van der Waals surface area contributed by atoms with Crippen molar-refractivity contribution in [1.29, 1.82) is 0 Å². The summed E-state index contributed by atoms with van der Waals surface area (Å²) in [6.45, 7) is 7.65. The Kier molecular flexibility index (Phi) is 3.78. The molecule has 2 rings (SSSR count). The van der Waals surface area contributed by atoms with E-state index in [0.29, 0.717) is 19.0 Å². The molecule has 1 saturated heterocycles. The molecule has 1 aliphatic heterocycles. The first kappa shape index (κ1) is 13.2. The maximum atomic E-state index is 9.67. The number of likely N-dealkylation sites (N-methyl/N-ethyl adjacent to an activating group) is 1. The summed E-state index contributed by atoms with van der Waals surface area (Å²) in [5.74, 6) is 0.696. The Labute approximate surface area is 108 Å². The van der Waals surface area contributed by atoms with Crippen molar-refractivity contribution in [3.05, 3.63) is 23.8 Å². The fourth-order valence-corrected chi connectivity index (χ4v) is 2.62. The molecular formula is C14H21NO3. The molecule has 4 nitrogen and oxygen atoms in total. The molecule has 1 aliphatic rings. The number of rotatable bonds is 5. The topological polar surface area (TPSA) is 41.9 Å². The van der Waals surface area contributed by atoms with Gasteiger partial charge in [-0.2, -0.15) is 0 Å². The number of nitrogens with zero attached hydrogens (tertiary/aromatic N) is 1. The number of ether oxygens (including phenoxy) is 2. The first-order valence-corrected chi connectivity index (χ1v) is 6.38. The highest BCUT2D eigenvalue weighted by Crippen LogP contribution is 2.39. The van der Waals surface area contributed by atoms with Gasteiger partial charge in [-0.15, -0.1) is 0 Å². The summed E-state index contributed by atoms with van der Waals surface area (Å²) in [4.78, 5) is 2.39. The number of methoxy groups -OCH3 is 1. The van der Waals surface area contributed by atoms with Crippen molar-refractivity contribution in [3.8, 4) is 11.5 Å². The highest BCUT2D eigenvalue weighted by atomic mass is 16.5. The third-order valence-electron chi connectivity index (χ3n) is 3.77. The molecule has 1 aromatic rings. The number of phenols is 1. The molecule has 1 aromatic carbocycles. The van der Waals surface area contributed by atoms with E-state index in [1.165, 1.54) is 0 Å². The SMILES string of the molecule is CCN(CC)C1(c2ccc(O)c(OC)c2)COC1. The van der Waals surface area contributed by atoms with Gasteiger partial charge in [0, 0.05) is 0 Å². The summed E-state index contributed by atoms with van der Waals surface area (Å²) in [7, 11) is 1.57. The second-order valence-corrected chi connectivity index (χ2v) is 4.58. The Morgan fingerprint density at radius 1 is 1.33 bits per heavy atom. The Morgan fingerprint density at radius 2 is 2.00 bits per heavy atom. The minimum Gasteiger partial charge on any atom is -0.504 e. The highest BCUT2D eigenvalue weighted by Gasteiger charge is 2.44. The molecule has 4 heteroatoms. The lowest BCUT2D eigenvalue weighted by molar-refractivity contribution is -0.144. The summed E-state index contributed by atoms with van der Waals surface area (Å²) < 4.78 is 10.6. The van der Waals surface area contributed by atoms with Crippen LogP contribution in [0.2, 0.25) is 0 Å². The van der Waals surface area contributed by atoms with Crippen LogP contribution in [0.3, 0.4) is 0 Å². The van der Waals surface area contributed by atoms with E-state index in [-0.39, 0.29) is 11.3 Å². The van der Waals surface area contributed by atoms with E-state index in [2.05, 4.69) is 18.7 Å². The van der Waals surface area contributed by atoms with Crippen molar-refractivity contribution in [2.75, 3.05) is 33.4 Å². The maximum absolute atomic E-state index is 9.67. The Balaban J connectivity index is 2.38. The average Bonchev–Trinajstić information content (AvgIpc) is 2.34. The molecule has 0 saturated carbocycles. The smallest absolute Gasteiger partial charge is 0.160 e. The number of benzene rings is 1. The van der Waals surface area contributed by atoms with Crippen LogP contribution in [-0.4, -0.2) is 43.4 Å². The van der Waals surface area contributed by atoms with Crippen molar-refractivity contribution in [2.24, 2.45) is 0 Å². The summed E-state index contributed by atoms with van der Waals surface area (Å²) in [6.07, 6.45) is 0. The largest absolute Gasteiger partial charge is 0.504 e. The third-order valence-corrected chi connectivity index (χ3v) is 3.77. The fourth-order valence-electron chi connectivity index (χ4n) is 2.62. The van der Waals surface area contributed by atoms with Crippen LogP contribution in [-0.2, 0) is 10.3 Å². The molecule has 0 aliphatic carbocycles. The minimum absolute atomic E-state index is 0.0650. The summed E-state index contributed by atoms with van der Waals surface area (Å²) in [5.41, 5.74) is 1.08. The normalized spacial score (nSPS) is 17.6. The molecule has 1 heterocycles. The van der Waals surface area contributed by atoms with Crippen LogP contribution >= 0.6 is 0 Å². The Bertz CT molecular complexity index is 412. The molecule has 0 atom stereocenters. The lowest BCUT2D eigenvalue weighted by Crippen LogP contribution is -2.59. The van der Waals surface area contributed by atoms with Crippen LogP contribution in [0.4, 0.5) is 0 Å². The third kappa shape index (κ3) is 1.95. The van der Waals surface area contributed by atoms with Gasteiger partial charge in [0.15, 0.2) is 11.5 Å². The first-order valence-electron chi connectivity index (χ1n) is 6.38. The zero-order valence-electron chi connectivity index (χ0n) is 11.3. The number of hydrogen-bond acceptors (Lipinski definition) is 4. The summed E-state index contributed by atoms with van der Waals surface area (Å²) in [6, 6.07) is 5.56. The zero-order valence-corrected chi connectivity index (χ0v) is 11.3. The van der Waals surface area contributed by atoms with E-state index < -0.39 is 0 Å². The molecule has 100 valence electrons. The van der Waals surface area contributed by atoms with E-state index in [1.807, 2.05) is 12.1 Å². The standard InChI is InChI=1S/C14H21NO3/c1-4-15(5-2)14(9-18-10-14)11-6-7-12(16)13(8-11)17-3/h6-8,16H,4-5,9-10H2,1-3H3. The molecule has 1 N–H and O–H groups in total. The van der Waals surface area contributed by atoms with Gasteiger partial charge in [-0.05, 0) is 30.8 Å². The van der Waals surface area contributed by atoms with Gasteiger partial charge in [-0.3, -0.25) is 4.90 Å². The van der Waals surface area contributed by atoms with Crippen molar-refractivity contribution in [1.82, 2.24) is 4.90 Å². The average molecular weight is 251 g/mol. The second-order valence-electron chi connectivity index (χ2n) is 4.58. The van der Waals surface area contributed by atoms with Gasteiger partial charge in [0.25, 0.3) is 0 Å². The molecule has 0 amide bonds. The lowest BCUT2D eigenvalue weighted by atomic mass is 9.85. The van der Waals surface area contributed by atoms with E-state index in [4.69, 9.17) is 9.47 Å². The van der Waals surface area contributed by atoms with E-state index in [9.17, 15) is 5.11 Å². The first-order chi connectivity index (χ1) is 8.67. The van der Waals surface area contributed by atoms with Gasteiger partial charge in [0.2, 0.25) is 0 Å². The molecule has 0 spiro atoms. The molecule has 1 fully saturated rings. The molecule has 0 radical (unpaired) electrons. The monoisotopic (exact) mass is 251 g/mol. The van der Waals surface area contributed by atoms with E-state index in [0.717, 1.165) is 18.7 Å². The van der Waals surface area contributed by atoms with Crippen LogP contribution < -0.4 is 4.74 Å².